The molecule has 2 aromatic carbocycles. The number of amides is 4. The SMILES string of the molecule is Cc1cc(C2C3=CCC4C(=O)N(c5ccc(N6CCOCC6)cc5)C(=O)C4C3CC3(Cl)C(=O)N(CBr)C(=O)C23Cl)cc(C)c1O. The fraction of sp³-hybridized carbons (Fsp3) is 0.455. The number of fused-ring (bicyclic) bond motifs is 4. The summed E-state index contributed by atoms with van der Waals surface area (Å²) in [5, 5.41) is 10.5. The van der Waals surface area contributed by atoms with Crippen LogP contribution in [-0.2, 0) is 23.9 Å². The fourth-order valence-corrected chi connectivity index (χ4v) is 9.60. The molecule has 3 saturated heterocycles. The van der Waals surface area contributed by atoms with Gasteiger partial charge in [0.25, 0.3) is 11.8 Å². The van der Waals surface area contributed by atoms with Gasteiger partial charge in [0.1, 0.15) is 5.75 Å². The number of hydrogen-bond acceptors (Lipinski definition) is 7. The Bertz CT molecular complexity index is 1650. The number of halogens is 3. The zero-order valence-corrected chi connectivity index (χ0v) is 27.9. The van der Waals surface area contributed by atoms with E-state index < -0.39 is 45.2 Å². The number of phenolic OH excluding ortho intramolecular Hbond substituents is 1. The topological polar surface area (TPSA) is 107 Å². The summed E-state index contributed by atoms with van der Waals surface area (Å²) in [4.78, 5) is 56.8. The Morgan fingerprint density at radius 3 is 2.18 bits per heavy atom. The van der Waals surface area contributed by atoms with E-state index in [1.807, 2.05) is 18.2 Å². The highest BCUT2D eigenvalue weighted by Crippen LogP contribution is 2.65. The van der Waals surface area contributed by atoms with Crippen LogP contribution in [0.1, 0.15) is 35.4 Å². The van der Waals surface area contributed by atoms with E-state index in [4.69, 9.17) is 27.9 Å². The molecule has 5 aliphatic rings. The van der Waals surface area contributed by atoms with Gasteiger partial charge in [-0.05, 0) is 73.6 Å². The van der Waals surface area contributed by atoms with Gasteiger partial charge in [0.05, 0.1) is 36.2 Å². The van der Waals surface area contributed by atoms with Gasteiger partial charge in [-0.2, -0.15) is 0 Å². The van der Waals surface area contributed by atoms with Crippen molar-refractivity contribution in [3.8, 4) is 5.75 Å². The summed E-state index contributed by atoms with van der Waals surface area (Å²) in [5.74, 6) is -4.70. The number of anilines is 2. The summed E-state index contributed by atoms with van der Waals surface area (Å²) < 4.78 is 5.45. The fourth-order valence-electron chi connectivity index (χ4n) is 8.17. The maximum Gasteiger partial charge on any atom is 0.254 e. The van der Waals surface area contributed by atoms with Crippen molar-refractivity contribution >= 4 is 74.1 Å². The second-order valence-electron chi connectivity index (χ2n) is 12.6. The predicted molar refractivity (Wildman–Crippen MR) is 173 cm³/mol. The zero-order valence-electron chi connectivity index (χ0n) is 24.8. The maximum atomic E-state index is 14.3. The van der Waals surface area contributed by atoms with E-state index in [2.05, 4.69) is 20.8 Å². The van der Waals surface area contributed by atoms with Gasteiger partial charge in [-0.1, -0.05) is 39.7 Å². The summed E-state index contributed by atoms with van der Waals surface area (Å²) in [6.07, 6.45) is 2.12. The van der Waals surface area contributed by atoms with Gasteiger partial charge in [-0.25, -0.2) is 0 Å². The number of carbonyl (C=O) groups excluding carboxylic acids is 4. The molecule has 2 aliphatic carbocycles. The Hall–Kier alpha value is -2.92. The number of rotatable bonds is 4. The van der Waals surface area contributed by atoms with Crippen molar-refractivity contribution in [1.29, 1.82) is 0 Å². The summed E-state index contributed by atoms with van der Waals surface area (Å²) in [6.45, 7) is 6.31. The Morgan fingerprint density at radius 1 is 0.933 bits per heavy atom. The van der Waals surface area contributed by atoms with E-state index in [9.17, 15) is 24.3 Å². The zero-order chi connectivity index (χ0) is 32.0. The van der Waals surface area contributed by atoms with Crippen LogP contribution in [-0.4, -0.2) is 75.1 Å². The lowest BCUT2D eigenvalue weighted by atomic mass is 9.56. The monoisotopic (exact) mass is 715 g/mol. The number of alkyl halides is 3. The molecule has 9 nitrogen and oxygen atoms in total. The molecule has 0 spiro atoms. The van der Waals surface area contributed by atoms with E-state index in [1.54, 1.807) is 38.1 Å². The lowest BCUT2D eigenvalue weighted by Gasteiger charge is -2.51. The number of nitrogens with zero attached hydrogens (tertiary/aromatic N) is 3. The number of carbonyl (C=O) groups is 4. The first-order valence-corrected chi connectivity index (χ1v) is 16.9. The average molecular weight is 717 g/mol. The molecular weight excluding hydrogens is 685 g/mol. The van der Waals surface area contributed by atoms with Gasteiger partial charge in [-0.3, -0.25) is 29.0 Å². The van der Waals surface area contributed by atoms with Gasteiger partial charge in [0.2, 0.25) is 11.8 Å². The Morgan fingerprint density at radius 2 is 1.56 bits per heavy atom. The molecular formula is C33H32BrCl2N3O6. The molecule has 6 unspecified atom stereocenters. The van der Waals surface area contributed by atoms with Crippen LogP contribution in [0, 0.1) is 31.6 Å². The quantitative estimate of drug-likeness (QED) is 0.211. The van der Waals surface area contributed by atoms with Crippen molar-refractivity contribution in [2.45, 2.75) is 42.4 Å². The highest BCUT2D eigenvalue weighted by atomic mass is 79.9. The van der Waals surface area contributed by atoms with Crippen LogP contribution in [0.25, 0.3) is 0 Å². The second kappa shape index (κ2) is 10.8. The van der Waals surface area contributed by atoms with Crippen molar-refractivity contribution in [3.63, 3.8) is 0 Å². The smallest absolute Gasteiger partial charge is 0.254 e. The standard InChI is InChI=1S/C33H32BrCl2N3O6/c1-17-13-19(14-18(2)27(17)40)26-22-7-8-23-25(24(22)15-32(35)30(43)38(16-34)31(44)33(26,32)36)29(42)39(28(23)41)21-5-3-20(4-6-21)37-9-11-45-12-10-37/h3-7,13-14,23-26,40H,8-12,15-16H2,1-2H3. The largest absolute Gasteiger partial charge is 0.507 e. The van der Waals surface area contributed by atoms with Crippen LogP contribution in [0.2, 0.25) is 0 Å². The maximum absolute atomic E-state index is 14.3. The van der Waals surface area contributed by atoms with E-state index in [0.29, 0.717) is 35.6 Å². The van der Waals surface area contributed by atoms with E-state index >= 15 is 0 Å². The highest BCUT2D eigenvalue weighted by molar-refractivity contribution is 9.09. The van der Waals surface area contributed by atoms with Crippen LogP contribution >= 0.6 is 39.1 Å². The number of hydrogen-bond donors (Lipinski definition) is 1. The Balaban J connectivity index is 1.31. The molecule has 7 rings (SSSR count). The number of benzene rings is 2. The lowest BCUT2D eigenvalue weighted by molar-refractivity contribution is -0.138. The van der Waals surface area contributed by atoms with E-state index in [-0.39, 0.29) is 35.9 Å². The molecule has 1 N–H and O–H groups in total. The average Bonchev–Trinajstić information content (AvgIpc) is 3.37. The summed E-state index contributed by atoms with van der Waals surface area (Å²) >= 11 is 17.9. The molecule has 0 aromatic heterocycles. The third kappa shape index (κ3) is 4.21. The first-order valence-electron chi connectivity index (χ1n) is 15.0. The molecule has 0 radical (unpaired) electrons. The second-order valence-corrected chi connectivity index (χ2v) is 14.4. The number of aryl methyl sites for hydroxylation is 2. The van der Waals surface area contributed by atoms with Gasteiger partial charge in [-0.15, -0.1) is 23.2 Å². The number of imide groups is 2. The van der Waals surface area contributed by atoms with Crippen LogP contribution in [0.15, 0.2) is 48.0 Å². The van der Waals surface area contributed by atoms with Crippen molar-refractivity contribution < 1.29 is 29.0 Å². The molecule has 2 aromatic rings. The first-order chi connectivity index (χ1) is 21.4. The minimum Gasteiger partial charge on any atom is -0.507 e. The normalized spacial score (nSPS) is 32.9. The molecule has 4 amide bonds. The van der Waals surface area contributed by atoms with E-state index in [0.717, 1.165) is 29.2 Å². The Labute approximate surface area is 279 Å². The van der Waals surface area contributed by atoms with Crippen LogP contribution in [0.3, 0.4) is 0 Å². The highest BCUT2D eigenvalue weighted by Gasteiger charge is 2.76. The van der Waals surface area contributed by atoms with Crippen molar-refractivity contribution in [3.05, 3.63) is 64.7 Å². The third-order valence-electron chi connectivity index (χ3n) is 10.3. The van der Waals surface area contributed by atoms with Gasteiger partial charge in [0, 0.05) is 24.7 Å². The molecule has 236 valence electrons. The molecule has 1 saturated carbocycles. The number of phenols is 1. The molecule has 45 heavy (non-hydrogen) atoms. The summed E-state index contributed by atoms with van der Waals surface area (Å²) in [5.41, 5.74) is 3.87. The number of aromatic hydroxyl groups is 1. The van der Waals surface area contributed by atoms with E-state index in [1.165, 1.54) is 4.90 Å². The van der Waals surface area contributed by atoms with Gasteiger partial charge >= 0.3 is 0 Å². The van der Waals surface area contributed by atoms with Crippen molar-refractivity contribution in [1.82, 2.24) is 4.90 Å². The summed E-state index contributed by atoms with van der Waals surface area (Å²) in [7, 11) is 0. The van der Waals surface area contributed by atoms with Crippen LogP contribution < -0.4 is 9.80 Å². The minimum absolute atomic E-state index is 0.0749. The summed E-state index contributed by atoms with van der Waals surface area (Å²) in [6, 6.07) is 10.9. The molecule has 12 heteroatoms. The third-order valence-corrected chi connectivity index (χ3v) is 12.3. The molecule has 0 bridgehead atoms. The molecule has 3 aliphatic heterocycles. The predicted octanol–water partition coefficient (Wildman–Crippen LogP) is 4.76. The van der Waals surface area contributed by atoms with Crippen molar-refractivity contribution in [2.75, 3.05) is 41.6 Å². The lowest BCUT2D eigenvalue weighted by Crippen LogP contribution is -2.60. The number of ether oxygens (including phenoxy) is 1. The van der Waals surface area contributed by atoms with Crippen molar-refractivity contribution in [2.24, 2.45) is 17.8 Å². The van der Waals surface area contributed by atoms with Gasteiger partial charge in [0.15, 0.2) is 9.75 Å². The minimum atomic E-state index is -1.88. The molecule has 3 heterocycles. The molecule has 6 atom stereocenters. The number of allylic oxidation sites excluding steroid dienone is 2. The number of likely N-dealkylation sites (tertiary alicyclic amines) is 1. The van der Waals surface area contributed by atoms with Crippen LogP contribution in [0.4, 0.5) is 11.4 Å². The first kappa shape index (κ1) is 30.7. The number of morpholine rings is 1. The van der Waals surface area contributed by atoms with Crippen LogP contribution in [0.5, 0.6) is 5.75 Å². The molecule has 4 fully saturated rings. The Kier molecular flexibility index (Phi) is 7.39. The van der Waals surface area contributed by atoms with Gasteiger partial charge < -0.3 is 14.7 Å².